The van der Waals surface area contributed by atoms with E-state index in [9.17, 15) is 18.5 Å². The molecule has 0 fully saturated rings. The van der Waals surface area contributed by atoms with Crippen molar-refractivity contribution in [2.45, 2.75) is 24.8 Å². The summed E-state index contributed by atoms with van der Waals surface area (Å²) < 4.78 is 26.7. The van der Waals surface area contributed by atoms with Crippen molar-refractivity contribution < 1.29 is 13.3 Å². The molecule has 0 spiro atoms. The average Bonchev–Trinajstić information content (AvgIpc) is 2.36. The molecule has 0 saturated carbocycles. The van der Waals surface area contributed by atoms with Crippen LogP contribution in [0.2, 0.25) is 0 Å². The van der Waals surface area contributed by atoms with Crippen molar-refractivity contribution in [1.82, 2.24) is 10.0 Å². The number of hydrogen-bond donors (Lipinski definition) is 2. The summed E-state index contributed by atoms with van der Waals surface area (Å²) in [5, 5.41) is 13.8. The van der Waals surface area contributed by atoms with Gasteiger partial charge in [-0.15, -0.1) is 12.4 Å². The molecule has 0 heterocycles. The summed E-state index contributed by atoms with van der Waals surface area (Å²) in [4.78, 5) is 10.1. The molecule has 2 N–H and O–H groups in total. The van der Waals surface area contributed by atoms with Crippen LogP contribution in [0.3, 0.4) is 0 Å². The van der Waals surface area contributed by atoms with E-state index in [-0.39, 0.29) is 40.0 Å². The van der Waals surface area contributed by atoms with Gasteiger partial charge in [0.25, 0.3) is 5.69 Å². The second-order valence-corrected chi connectivity index (χ2v) is 6.80. The number of likely N-dealkylation sites (N-methyl/N-ethyl adjacent to an activating group) is 1. The van der Waals surface area contributed by atoms with Crippen LogP contribution in [0.1, 0.15) is 13.8 Å². The number of sulfonamides is 1. The topological polar surface area (TPSA) is 101 Å². The van der Waals surface area contributed by atoms with E-state index in [4.69, 9.17) is 0 Å². The molecular weight excluding hydrogens is 386 g/mol. The summed E-state index contributed by atoms with van der Waals surface area (Å²) in [7, 11) is -3.68. The lowest BCUT2D eigenvalue weighted by molar-refractivity contribution is -0.385. The molecule has 0 aliphatic heterocycles. The van der Waals surface area contributed by atoms with Crippen molar-refractivity contribution in [2.24, 2.45) is 0 Å². The van der Waals surface area contributed by atoms with E-state index in [0.717, 1.165) is 12.6 Å². The predicted molar refractivity (Wildman–Crippen MR) is 86.4 cm³/mol. The first-order chi connectivity index (χ1) is 9.27. The van der Waals surface area contributed by atoms with Gasteiger partial charge in [-0.1, -0.05) is 6.92 Å². The largest absolute Gasteiger partial charge is 0.313 e. The van der Waals surface area contributed by atoms with E-state index in [1.165, 1.54) is 12.1 Å². The first-order valence-electron chi connectivity index (χ1n) is 5.95. The zero-order chi connectivity index (χ0) is 15.3. The van der Waals surface area contributed by atoms with E-state index < -0.39 is 14.9 Å². The summed E-state index contributed by atoms with van der Waals surface area (Å²) in [6.45, 7) is 4.77. The highest BCUT2D eigenvalue weighted by molar-refractivity contribution is 9.10. The van der Waals surface area contributed by atoms with Crippen molar-refractivity contribution in [3.8, 4) is 0 Å². The molecule has 0 saturated heterocycles. The molecule has 21 heavy (non-hydrogen) atoms. The fourth-order valence-corrected chi connectivity index (χ4v) is 3.37. The van der Waals surface area contributed by atoms with Gasteiger partial charge in [0.15, 0.2) is 0 Å². The lowest BCUT2D eigenvalue weighted by Crippen LogP contribution is -2.38. The predicted octanol–water partition coefficient (Wildman–Crippen LogP) is 2.06. The molecular formula is C11H17BrClN3O4S. The van der Waals surface area contributed by atoms with Crippen molar-refractivity contribution in [1.29, 1.82) is 0 Å². The minimum absolute atomic E-state index is 0. The van der Waals surface area contributed by atoms with Gasteiger partial charge in [0.1, 0.15) is 0 Å². The van der Waals surface area contributed by atoms with Gasteiger partial charge < -0.3 is 5.32 Å². The Morgan fingerprint density at radius 2 is 2.05 bits per heavy atom. The Bertz CT molecular complexity index is 597. The molecule has 0 radical (unpaired) electrons. The molecule has 120 valence electrons. The van der Waals surface area contributed by atoms with Gasteiger partial charge in [0, 0.05) is 18.7 Å². The maximum Gasteiger partial charge on any atom is 0.283 e. The van der Waals surface area contributed by atoms with Crippen LogP contribution in [0.5, 0.6) is 0 Å². The molecule has 1 rings (SSSR count). The fourth-order valence-electron chi connectivity index (χ4n) is 1.54. The Hall–Kier alpha value is -0.740. The van der Waals surface area contributed by atoms with E-state index in [2.05, 4.69) is 26.0 Å². The van der Waals surface area contributed by atoms with Crippen molar-refractivity contribution in [2.75, 3.05) is 13.1 Å². The Labute approximate surface area is 138 Å². The highest BCUT2D eigenvalue weighted by Crippen LogP contribution is 2.27. The minimum atomic E-state index is -3.68. The standard InChI is InChI=1S/C11H16BrN3O4S.ClH/c1-3-13-8(2)7-14-20(18,19)9-4-5-11(15(16)17)10(12)6-9;/h4-6,8,13-14H,3,7H2,1-2H3;1H/t8-;/m1./s1. The highest BCUT2D eigenvalue weighted by atomic mass is 79.9. The zero-order valence-electron chi connectivity index (χ0n) is 11.5. The van der Waals surface area contributed by atoms with Gasteiger partial charge in [-0.05, 0) is 41.5 Å². The molecule has 0 aliphatic carbocycles. The number of nitrogens with zero attached hydrogens (tertiary/aromatic N) is 1. The van der Waals surface area contributed by atoms with Gasteiger partial charge in [-0.2, -0.15) is 0 Å². The van der Waals surface area contributed by atoms with Crippen LogP contribution < -0.4 is 10.0 Å². The van der Waals surface area contributed by atoms with Gasteiger partial charge in [-0.3, -0.25) is 10.1 Å². The number of nitro groups is 1. The molecule has 0 aliphatic rings. The first-order valence-corrected chi connectivity index (χ1v) is 8.22. The van der Waals surface area contributed by atoms with Crippen LogP contribution in [0.25, 0.3) is 0 Å². The van der Waals surface area contributed by atoms with Crippen LogP contribution in [-0.2, 0) is 10.0 Å². The average molecular weight is 403 g/mol. The number of nitrogens with one attached hydrogen (secondary N) is 2. The molecule has 0 bridgehead atoms. The second kappa shape index (κ2) is 8.64. The first kappa shape index (κ1) is 20.3. The van der Waals surface area contributed by atoms with Crippen LogP contribution in [0.15, 0.2) is 27.6 Å². The van der Waals surface area contributed by atoms with Crippen LogP contribution in [0, 0.1) is 10.1 Å². The Balaban J connectivity index is 0.00000400. The lowest BCUT2D eigenvalue weighted by Gasteiger charge is -2.13. The monoisotopic (exact) mass is 401 g/mol. The van der Waals surface area contributed by atoms with Crippen LogP contribution in [-0.4, -0.2) is 32.5 Å². The normalized spacial score (nSPS) is 12.5. The van der Waals surface area contributed by atoms with Crippen LogP contribution in [0.4, 0.5) is 5.69 Å². The maximum atomic E-state index is 12.0. The van der Waals surface area contributed by atoms with Crippen molar-refractivity contribution >= 4 is 44.0 Å². The highest BCUT2D eigenvalue weighted by Gasteiger charge is 2.19. The van der Waals surface area contributed by atoms with Crippen LogP contribution >= 0.6 is 28.3 Å². The summed E-state index contributed by atoms with van der Waals surface area (Å²) in [6.07, 6.45) is 0. The third kappa shape index (κ3) is 5.87. The van der Waals surface area contributed by atoms with E-state index in [1.807, 2.05) is 13.8 Å². The summed E-state index contributed by atoms with van der Waals surface area (Å²) in [5.74, 6) is 0. The van der Waals surface area contributed by atoms with Crippen molar-refractivity contribution in [3.63, 3.8) is 0 Å². The van der Waals surface area contributed by atoms with Gasteiger partial charge in [-0.25, -0.2) is 13.1 Å². The molecule has 7 nitrogen and oxygen atoms in total. The van der Waals surface area contributed by atoms with E-state index >= 15 is 0 Å². The number of hydrogen-bond acceptors (Lipinski definition) is 5. The van der Waals surface area contributed by atoms with Gasteiger partial charge in [0.05, 0.1) is 14.3 Å². The molecule has 0 unspecified atom stereocenters. The summed E-state index contributed by atoms with van der Waals surface area (Å²) in [5.41, 5.74) is -0.176. The number of halogens is 2. The maximum absolute atomic E-state index is 12.0. The third-order valence-electron chi connectivity index (χ3n) is 2.56. The second-order valence-electron chi connectivity index (χ2n) is 4.18. The lowest BCUT2D eigenvalue weighted by atomic mass is 10.3. The summed E-state index contributed by atoms with van der Waals surface area (Å²) >= 11 is 3.00. The number of benzene rings is 1. The van der Waals surface area contributed by atoms with Gasteiger partial charge in [0.2, 0.25) is 10.0 Å². The minimum Gasteiger partial charge on any atom is -0.313 e. The molecule has 1 aromatic carbocycles. The van der Waals surface area contributed by atoms with Crippen molar-refractivity contribution in [3.05, 3.63) is 32.8 Å². The Morgan fingerprint density at radius 3 is 2.52 bits per heavy atom. The third-order valence-corrected chi connectivity index (χ3v) is 4.61. The molecule has 0 aromatic heterocycles. The molecule has 1 atom stereocenters. The molecule has 1 aromatic rings. The Morgan fingerprint density at radius 1 is 1.43 bits per heavy atom. The quantitative estimate of drug-likeness (QED) is 0.537. The smallest absolute Gasteiger partial charge is 0.283 e. The number of rotatable bonds is 7. The zero-order valence-corrected chi connectivity index (χ0v) is 14.7. The summed E-state index contributed by atoms with van der Waals surface area (Å²) in [6, 6.07) is 3.59. The van der Waals surface area contributed by atoms with E-state index in [0.29, 0.717) is 0 Å². The fraction of sp³-hybridized carbons (Fsp3) is 0.455. The Kier molecular flexibility index (Phi) is 8.34. The molecule has 0 amide bonds. The number of nitro benzene ring substituents is 1. The van der Waals surface area contributed by atoms with Gasteiger partial charge >= 0.3 is 0 Å². The van der Waals surface area contributed by atoms with E-state index in [1.54, 1.807) is 0 Å². The molecule has 10 heteroatoms. The SMILES string of the molecule is CCN[C@H](C)CNS(=O)(=O)c1ccc([N+](=O)[O-])c(Br)c1.Cl.